The van der Waals surface area contributed by atoms with Crippen LogP contribution in [0.3, 0.4) is 0 Å². The van der Waals surface area contributed by atoms with Crippen molar-refractivity contribution < 1.29 is 18.4 Å². The average molecular weight is 419 g/mol. The van der Waals surface area contributed by atoms with Crippen molar-refractivity contribution in [1.82, 2.24) is 5.32 Å². The van der Waals surface area contributed by atoms with E-state index < -0.39 is 29.3 Å². The Bertz CT molecular complexity index is 1010. The van der Waals surface area contributed by atoms with Crippen LogP contribution in [0.5, 0.6) is 0 Å². The molecular formula is C20H17ClF2N4O2. The summed E-state index contributed by atoms with van der Waals surface area (Å²) >= 11 is 6.02. The third-order valence-electron chi connectivity index (χ3n) is 3.76. The molecular weight excluding hydrogens is 402 g/mol. The van der Waals surface area contributed by atoms with E-state index >= 15 is 0 Å². The van der Waals surface area contributed by atoms with Crippen LogP contribution in [0.25, 0.3) is 0 Å². The smallest absolute Gasteiger partial charge is 0.229 e. The molecule has 2 aromatic carbocycles. The summed E-state index contributed by atoms with van der Waals surface area (Å²) in [4.78, 5) is 25.0. The first-order valence-corrected chi connectivity index (χ1v) is 8.70. The van der Waals surface area contributed by atoms with E-state index in [1.165, 1.54) is 0 Å². The van der Waals surface area contributed by atoms with E-state index in [0.717, 1.165) is 42.3 Å². The van der Waals surface area contributed by atoms with Crippen molar-refractivity contribution in [3.63, 3.8) is 0 Å². The van der Waals surface area contributed by atoms with Gasteiger partial charge in [-0.15, -0.1) is 0 Å². The van der Waals surface area contributed by atoms with Gasteiger partial charge in [0.05, 0.1) is 17.8 Å². The summed E-state index contributed by atoms with van der Waals surface area (Å²) in [5, 5.41) is 18.4. The highest BCUT2D eigenvalue weighted by Gasteiger charge is 2.18. The van der Waals surface area contributed by atoms with E-state index in [1.807, 2.05) is 0 Å². The highest BCUT2D eigenvalue weighted by Crippen LogP contribution is 2.19. The topological polar surface area (TPSA) is 97.1 Å². The Morgan fingerprint density at radius 2 is 1.86 bits per heavy atom. The molecule has 2 amide bonds. The van der Waals surface area contributed by atoms with Crippen LogP contribution in [0.2, 0.25) is 5.02 Å². The number of carbonyl (C=O) groups is 2. The van der Waals surface area contributed by atoms with Gasteiger partial charge in [-0.05, 0) is 23.8 Å². The van der Waals surface area contributed by atoms with Crippen molar-refractivity contribution in [1.29, 1.82) is 10.8 Å². The van der Waals surface area contributed by atoms with Gasteiger partial charge in [0.1, 0.15) is 5.84 Å². The van der Waals surface area contributed by atoms with Gasteiger partial charge in [0.25, 0.3) is 0 Å². The maximum Gasteiger partial charge on any atom is 0.229 e. The van der Waals surface area contributed by atoms with Gasteiger partial charge in [-0.25, -0.2) is 8.78 Å². The summed E-state index contributed by atoms with van der Waals surface area (Å²) in [5.41, 5.74) is 0.448. The van der Waals surface area contributed by atoms with Gasteiger partial charge in [-0.3, -0.25) is 19.9 Å². The van der Waals surface area contributed by atoms with E-state index in [0.29, 0.717) is 10.6 Å². The fraction of sp³-hybridized carbons (Fsp3) is 0.100. The molecule has 0 bridgehead atoms. The first-order valence-electron chi connectivity index (χ1n) is 8.32. The second kappa shape index (κ2) is 9.70. The Morgan fingerprint density at radius 3 is 2.45 bits per heavy atom. The van der Waals surface area contributed by atoms with E-state index in [-0.39, 0.29) is 17.8 Å². The van der Waals surface area contributed by atoms with Gasteiger partial charge >= 0.3 is 0 Å². The number of allylic oxidation sites excluding steroid dienone is 1. The minimum Gasteiger partial charge on any atom is -0.324 e. The first kappa shape index (κ1) is 21.9. The summed E-state index contributed by atoms with van der Waals surface area (Å²) < 4.78 is 26.7. The number of benzene rings is 2. The molecule has 0 aromatic heterocycles. The molecule has 0 spiro atoms. The number of carbonyl (C=O) groups excluding carboxylic acids is 2. The van der Waals surface area contributed by atoms with E-state index in [1.54, 1.807) is 24.3 Å². The minimum absolute atomic E-state index is 0.0578. The van der Waals surface area contributed by atoms with Crippen molar-refractivity contribution >= 4 is 41.2 Å². The van der Waals surface area contributed by atoms with Gasteiger partial charge in [-0.1, -0.05) is 29.8 Å². The van der Waals surface area contributed by atoms with Crippen molar-refractivity contribution in [3.05, 3.63) is 76.5 Å². The van der Waals surface area contributed by atoms with Crippen LogP contribution >= 0.6 is 11.6 Å². The molecule has 0 saturated carbocycles. The van der Waals surface area contributed by atoms with Crippen LogP contribution in [-0.4, -0.2) is 23.9 Å². The highest BCUT2D eigenvalue weighted by molar-refractivity contribution is 6.31. The SMILES string of the molecule is CC(=O)N(C(=N)/C=C(\C=N)NC(=O)Cc1ccccc1Cl)c1ccc(F)c(F)c1. The monoisotopic (exact) mass is 418 g/mol. The highest BCUT2D eigenvalue weighted by atomic mass is 35.5. The quantitative estimate of drug-likeness (QED) is 0.490. The molecule has 0 fully saturated rings. The molecule has 0 saturated heterocycles. The normalized spacial score (nSPS) is 11.0. The summed E-state index contributed by atoms with van der Waals surface area (Å²) in [6.45, 7) is 1.14. The molecule has 0 atom stereocenters. The van der Waals surface area contributed by atoms with Crippen LogP contribution in [0.4, 0.5) is 14.5 Å². The molecule has 2 aromatic rings. The van der Waals surface area contributed by atoms with E-state index in [2.05, 4.69) is 5.32 Å². The van der Waals surface area contributed by atoms with Gasteiger partial charge < -0.3 is 10.7 Å². The van der Waals surface area contributed by atoms with Crippen molar-refractivity contribution in [2.24, 2.45) is 0 Å². The van der Waals surface area contributed by atoms with E-state index in [4.69, 9.17) is 22.4 Å². The lowest BCUT2D eigenvalue weighted by molar-refractivity contribution is -0.119. The molecule has 0 aliphatic carbocycles. The molecule has 0 aliphatic heterocycles. The van der Waals surface area contributed by atoms with E-state index in [9.17, 15) is 18.4 Å². The number of nitrogens with zero attached hydrogens (tertiary/aromatic N) is 1. The van der Waals surface area contributed by atoms with Crippen molar-refractivity contribution in [2.45, 2.75) is 13.3 Å². The molecule has 0 unspecified atom stereocenters. The second-order valence-electron chi connectivity index (χ2n) is 5.90. The van der Waals surface area contributed by atoms with Gasteiger partial charge in [0, 0.05) is 30.3 Å². The summed E-state index contributed by atoms with van der Waals surface area (Å²) in [6, 6.07) is 9.52. The molecule has 3 N–H and O–H groups in total. The van der Waals surface area contributed by atoms with Crippen LogP contribution in [0.15, 0.2) is 54.2 Å². The number of amidine groups is 1. The Kier molecular flexibility index (Phi) is 7.33. The Labute approximate surface area is 170 Å². The van der Waals surface area contributed by atoms with Gasteiger partial charge in [-0.2, -0.15) is 0 Å². The Balaban J connectivity index is 2.20. The molecule has 2 rings (SSSR count). The molecule has 0 aliphatic rings. The third kappa shape index (κ3) is 5.79. The minimum atomic E-state index is -1.18. The van der Waals surface area contributed by atoms with Crippen molar-refractivity contribution in [3.8, 4) is 0 Å². The number of rotatable bonds is 6. The summed E-state index contributed by atoms with van der Waals surface area (Å²) in [7, 11) is 0. The lowest BCUT2D eigenvalue weighted by Gasteiger charge is -2.20. The zero-order chi connectivity index (χ0) is 21.6. The predicted octanol–water partition coefficient (Wildman–Crippen LogP) is 3.84. The third-order valence-corrected chi connectivity index (χ3v) is 4.13. The first-order chi connectivity index (χ1) is 13.7. The lowest BCUT2D eigenvalue weighted by atomic mass is 10.1. The predicted molar refractivity (Wildman–Crippen MR) is 107 cm³/mol. The number of hydrogen-bond acceptors (Lipinski definition) is 4. The van der Waals surface area contributed by atoms with Gasteiger partial charge in [0.2, 0.25) is 11.8 Å². The van der Waals surface area contributed by atoms with Crippen LogP contribution in [0, 0.1) is 22.5 Å². The lowest BCUT2D eigenvalue weighted by Crippen LogP contribution is -2.35. The summed E-state index contributed by atoms with van der Waals surface area (Å²) in [5.74, 6) is -3.83. The molecule has 9 heteroatoms. The Morgan fingerprint density at radius 1 is 1.17 bits per heavy atom. The fourth-order valence-corrected chi connectivity index (χ4v) is 2.66. The Hall–Kier alpha value is -3.39. The number of anilines is 1. The van der Waals surface area contributed by atoms with Gasteiger partial charge in [0.15, 0.2) is 11.6 Å². The molecule has 0 radical (unpaired) electrons. The largest absolute Gasteiger partial charge is 0.324 e. The molecule has 150 valence electrons. The second-order valence-corrected chi connectivity index (χ2v) is 6.31. The van der Waals surface area contributed by atoms with Crippen LogP contribution in [-0.2, 0) is 16.0 Å². The summed E-state index contributed by atoms with van der Waals surface area (Å²) in [6.07, 6.45) is 1.79. The molecule has 0 heterocycles. The molecule has 6 nitrogen and oxygen atoms in total. The fourth-order valence-electron chi connectivity index (χ4n) is 2.46. The average Bonchev–Trinajstić information content (AvgIpc) is 2.65. The standard InChI is InChI=1S/C20H17ClF2N4O2/c1-12(28)27(15-6-7-17(22)18(23)10-15)19(25)9-14(11-24)26-20(29)8-13-4-2-3-5-16(13)21/h2-7,9-11,24-25H,8H2,1H3,(H,26,29)/b14-9+,24-11?,25-19?. The zero-order valence-corrected chi connectivity index (χ0v) is 16.1. The van der Waals surface area contributed by atoms with Crippen molar-refractivity contribution in [2.75, 3.05) is 4.90 Å². The van der Waals surface area contributed by atoms with Crippen LogP contribution < -0.4 is 10.2 Å². The zero-order valence-electron chi connectivity index (χ0n) is 15.3. The maximum absolute atomic E-state index is 13.5. The molecule has 29 heavy (non-hydrogen) atoms. The maximum atomic E-state index is 13.5. The number of nitrogens with one attached hydrogen (secondary N) is 3. The van der Waals surface area contributed by atoms with Crippen LogP contribution in [0.1, 0.15) is 12.5 Å². The number of amides is 2. The number of halogens is 3. The number of hydrogen-bond donors (Lipinski definition) is 3.